The number of primary amides is 1. The molecular formula is C13H15FN4OS. The predicted octanol–water partition coefficient (Wildman–Crippen LogP) is 1.66. The number of nitrogens with two attached hydrogens (primary N) is 1. The number of benzene rings is 1. The molecule has 0 fully saturated rings. The van der Waals surface area contributed by atoms with E-state index in [0.29, 0.717) is 28.7 Å². The summed E-state index contributed by atoms with van der Waals surface area (Å²) in [5, 5.41) is 8.74. The molecule has 0 atom stereocenters. The minimum absolute atomic E-state index is 0.226. The van der Waals surface area contributed by atoms with Crippen LogP contribution in [0.5, 0.6) is 0 Å². The van der Waals surface area contributed by atoms with Gasteiger partial charge < -0.3 is 10.3 Å². The largest absolute Gasteiger partial charge is 0.370 e. The number of amides is 1. The van der Waals surface area contributed by atoms with Crippen LogP contribution in [0.4, 0.5) is 4.39 Å². The highest BCUT2D eigenvalue weighted by Crippen LogP contribution is 2.22. The van der Waals surface area contributed by atoms with Crippen LogP contribution in [0.15, 0.2) is 29.4 Å². The Morgan fingerprint density at radius 1 is 1.40 bits per heavy atom. The fraction of sp³-hybridized carbons (Fsp3) is 0.308. The molecule has 1 aromatic carbocycles. The van der Waals surface area contributed by atoms with Crippen molar-refractivity contribution in [2.75, 3.05) is 0 Å². The van der Waals surface area contributed by atoms with Crippen LogP contribution in [-0.2, 0) is 24.0 Å². The van der Waals surface area contributed by atoms with E-state index in [1.54, 1.807) is 22.8 Å². The van der Waals surface area contributed by atoms with Crippen LogP contribution in [0.2, 0.25) is 0 Å². The highest BCUT2D eigenvalue weighted by atomic mass is 32.2. The summed E-state index contributed by atoms with van der Waals surface area (Å²) in [5.74, 6) is 0.582. The van der Waals surface area contributed by atoms with Crippen molar-refractivity contribution >= 4 is 17.7 Å². The third kappa shape index (κ3) is 3.57. The van der Waals surface area contributed by atoms with Gasteiger partial charge >= 0.3 is 0 Å². The van der Waals surface area contributed by atoms with Crippen LogP contribution in [0.25, 0.3) is 0 Å². The smallest absolute Gasteiger partial charge is 0.217 e. The van der Waals surface area contributed by atoms with Crippen molar-refractivity contribution in [3.8, 4) is 0 Å². The van der Waals surface area contributed by atoms with E-state index >= 15 is 0 Å². The molecule has 2 N–H and O–H groups in total. The minimum Gasteiger partial charge on any atom is -0.370 e. The number of carbonyl (C=O) groups is 1. The van der Waals surface area contributed by atoms with Gasteiger partial charge in [0.2, 0.25) is 5.91 Å². The highest BCUT2D eigenvalue weighted by Gasteiger charge is 2.11. The molecule has 0 aliphatic heterocycles. The molecule has 5 nitrogen and oxygen atoms in total. The lowest BCUT2D eigenvalue weighted by Crippen LogP contribution is -2.12. The first-order valence-electron chi connectivity index (χ1n) is 6.10. The summed E-state index contributed by atoms with van der Waals surface area (Å²) in [6.45, 7) is 0. The van der Waals surface area contributed by atoms with Crippen LogP contribution >= 0.6 is 11.8 Å². The van der Waals surface area contributed by atoms with Gasteiger partial charge in [-0.25, -0.2) is 4.39 Å². The van der Waals surface area contributed by atoms with Gasteiger partial charge in [-0.3, -0.25) is 4.79 Å². The SMILES string of the molecule is Cn1c(CCC(N)=O)nnc1SCc1ccccc1F. The second-order valence-corrected chi connectivity index (χ2v) is 5.25. The maximum Gasteiger partial charge on any atom is 0.217 e. The molecular weight excluding hydrogens is 279 g/mol. The summed E-state index contributed by atoms with van der Waals surface area (Å²) >= 11 is 1.40. The number of rotatable bonds is 6. The van der Waals surface area contributed by atoms with E-state index in [1.807, 2.05) is 7.05 Å². The van der Waals surface area contributed by atoms with Crippen LogP contribution in [-0.4, -0.2) is 20.7 Å². The quantitative estimate of drug-likeness (QED) is 0.822. The summed E-state index contributed by atoms with van der Waals surface area (Å²) in [6.07, 6.45) is 0.697. The molecule has 0 bridgehead atoms. The van der Waals surface area contributed by atoms with Crippen molar-refractivity contribution in [3.63, 3.8) is 0 Å². The average Bonchev–Trinajstić information content (AvgIpc) is 2.76. The maximum absolute atomic E-state index is 13.5. The first kappa shape index (κ1) is 14.5. The lowest BCUT2D eigenvalue weighted by atomic mass is 10.2. The van der Waals surface area contributed by atoms with Crippen molar-refractivity contribution in [1.82, 2.24) is 14.8 Å². The summed E-state index contributed by atoms with van der Waals surface area (Å²) in [4.78, 5) is 10.8. The van der Waals surface area contributed by atoms with Gasteiger partial charge in [-0.1, -0.05) is 30.0 Å². The molecule has 1 aromatic heterocycles. The Balaban J connectivity index is 2.00. The Labute approximate surface area is 120 Å². The Bertz CT molecular complexity index is 614. The molecule has 2 rings (SSSR count). The van der Waals surface area contributed by atoms with Gasteiger partial charge in [0.25, 0.3) is 0 Å². The number of hydrogen-bond donors (Lipinski definition) is 1. The van der Waals surface area contributed by atoms with Crippen molar-refractivity contribution in [2.45, 2.75) is 23.8 Å². The van der Waals surface area contributed by atoms with Crippen LogP contribution in [0, 0.1) is 5.82 Å². The van der Waals surface area contributed by atoms with Gasteiger partial charge in [-0.2, -0.15) is 0 Å². The van der Waals surface area contributed by atoms with Gasteiger partial charge in [-0.15, -0.1) is 10.2 Å². The van der Waals surface area contributed by atoms with E-state index in [9.17, 15) is 9.18 Å². The lowest BCUT2D eigenvalue weighted by molar-refractivity contribution is -0.118. The van der Waals surface area contributed by atoms with Crippen molar-refractivity contribution in [3.05, 3.63) is 41.5 Å². The second-order valence-electron chi connectivity index (χ2n) is 4.30. The van der Waals surface area contributed by atoms with Gasteiger partial charge in [0.1, 0.15) is 11.6 Å². The number of nitrogens with zero attached hydrogens (tertiary/aromatic N) is 3. The molecule has 0 spiro atoms. The summed E-state index contributed by atoms with van der Waals surface area (Å²) in [7, 11) is 1.82. The molecule has 0 aliphatic rings. The average molecular weight is 294 g/mol. The van der Waals surface area contributed by atoms with E-state index in [0.717, 1.165) is 0 Å². The third-order valence-corrected chi connectivity index (χ3v) is 3.90. The molecule has 7 heteroatoms. The van der Waals surface area contributed by atoms with Gasteiger partial charge in [0, 0.05) is 25.6 Å². The fourth-order valence-electron chi connectivity index (χ4n) is 1.68. The standard InChI is InChI=1S/C13H15FN4OS/c1-18-12(7-6-11(15)19)16-17-13(18)20-8-9-4-2-3-5-10(9)14/h2-5H,6-8H2,1H3,(H2,15,19). The molecule has 0 saturated carbocycles. The topological polar surface area (TPSA) is 73.8 Å². The monoisotopic (exact) mass is 294 g/mol. The number of thioether (sulfide) groups is 1. The summed E-state index contributed by atoms with van der Waals surface area (Å²) in [6, 6.07) is 6.64. The number of halogens is 1. The molecule has 0 unspecified atom stereocenters. The minimum atomic E-state index is -0.367. The highest BCUT2D eigenvalue weighted by molar-refractivity contribution is 7.98. The molecule has 1 heterocycles. The third-order valence-electron chi connectivity index (χ3n) is 2.83. The Kier molecular flexibility index (Phi) is 4.73. The van der Waals surface area contributed by atoms with E-state index in [-0.39, 0.29) is 18.1 Å². The zero-order valence-electron chi connectivity index (χ0n) is 11.0. The van der Waals surface area contributed by atoms with Gasteiger partial charge in [0.15, 0.2) is 5.16 Å². The van der Waals surface area contributed by atoms with Crippen LogP contribution in [0.1, 0.15) is 17.8 Å². The van der Waals surface area contributed by atoms with Gasteiger partial charge in [0.05, 0.1) is 0 Å². The molecule has 1 amide bonds. The Morgan fingerprint density at radius 2 is 2.15 bits per heavy atom. The lowest BCUT2D eigenvalue weighted by Gasteiger charge is -2.04. The normalized spacial score (nSPS) is 10.7. The van der Waals surface area contributed by atoms with Crippen molar-refractivity contribution in [1.29, 1.82) is 0 Å². The number of carbonyl (C=O) groups excluding carboxylic acids is 1. The first-order chi connectivity index (χ1) is 9.58. The first-order valence-corrected chi connectivity index (χ1v) is 7.09. The van der Waals surface area contributed by atoms with Crippen LogP contribution in [0.3, 0.4) is 0 Å². The molecule has 106 valence electrons. The Hall–Kier alpha value is -1.89. The zero-order chi connectivity index (χ0) is 14.5. The van der Waals surface area contributed by atoms with Crippen LogP contribution < -0.4 is 5.73 Å². The summed E-state index contributed by atoms with van der Waals surface area (Å²) in [5.41, 5.74) is 5.73. The number of hydrogen-bond acceptors (Lipinski definition) is 4. The summed E-state index contributed by atoms with van der Waals surface area (Å²) < 4.78 is 15.3. The predicted molar refractivity (Wildman–Crippen MR) is 74.5 cm³/mol. The van der Waals surface area contributed by atoms with E-state index in [4.69, 9.17) is 5.73 Å². The van der Waals surface area contributed by atoms with E-state index in [2.05, 4.69) is 10.2 Å². The maximum atomic E-state index is 13.5. The Morgan fingerprint density at radius 3 is 2.85 bits per heavy atom. The van der Waals surface area contributed by atoms with E-state index < -0.39 is 0 Å². The van der Waals surface area contributed by atoms with Gasteiger partial charge in [-0.05, 0) is 11.6 Å². The zero-order valence-corrected chi connectivity index (χ0v) is 11.9. The molecule has 0 radical (unpaired) electrons. The van der Waals surface area contributed by atoms with Crippen molar-refractivity contribution in [2.24, 2.45) is 12.8 Å². The van der Waals surface area contributed by atoms with E-state index in [1.165, 1.54) is 17.8 Å². The molecule has 0 saturated heterocycles. The number of aromatic nitrogens is 3. The molecule has 2 aromatic rings. The second kappa shape index (κ2) is 6.51. The molecule has 20 heavy (non-hydrogen) atoms. The number of aryl methyl sites for hydroxylation is 1. The fourth-order valence-corrected chi connectivity index (χ4v) is 2.60. The van der Waals surface area contributed by atoms with Crippen molar-refractivity contribution < 1.29 is 9.18 Å². The molecule has 0 aliphatic carbocycles.